The third-order valence-electron chi connectivity index (χ3n) is 2.67. The van der Waals surface area contributed by atoms with Crippen LogP contribution in [0.3, 0.4) is 0 Å². The Hall–Kier alpha value is -0.180. The lowest BCUT2D eigenvalue weighted by atomic mass is 10.1. The molecule has 0 bridgehead atoms. The number of nitrogens with one attached hydrogen (secondary N) is 1. The monoisotopic (exact) mass is 215 g/mol. The van der Waals surface area contributed by atoms with Crippen molar-refractivity contribution in [1.82, 2.24) is 5.32 Å². The Kier molecular flexibility index (Phi) is 6.08. The molecule has 82 valence electrons. The summed E-state index contributed by atoms with van der Waals surface area (Å²) in [4.78, 5) is 10.6. The van der Waals surface area contributed by atoms with E-state index >= 15 is 0 Å². The summed E-state index contributed by atoms with van der Waals surface area (Å²) in [7, 11) is 0. The highest BCUT2D eigenvalue weighted by atomic mass is 32.2. The van der Waals surface area contributed by atoms with E-state index in [9.17, 15) is 4.79 Å². The Bertz CT molecular complexity index is 167. The maximum Gasteiger partial charge on any atom is 0.216 e. The minimum absolute atomic E-state index is 0.0887. The summed E-state index contributed by atoms with van der Waals surface area (Å²) in [6.45, 7) is 2.42. The van der Waals surface area contributed by atoms with Crippen LogP contribution in [0.25, 0.3) is 0 Å². The van der Waals surface area contributed by atoms with Crippen LogP contribution in [0.4, 0.5) is 0 Å². The number of hydrogen-bond acceptors (Lipinski definition) is 2. The van der Waals surface area contributed by atoms with Crippen molar-refractivity contribution >= 4 is 17.7 Å². The first-order chi connectivity index (χ1) is 6.79. The minimum atomic E-state index is 0.0887. The number of thioether (sulfide) groups is 1. The van der Waals surface area contributed by atoms with E-state index in [2.05, 4.69) is 17.1 Å². The fourth-order valence-electron chi connectivity index (χ4n) is 1.87. The molecule has 0 atom stereocenters. The van der Waals surface area contributed by atoms with Crippen LogP contribution in [0.15, 0.2) is 0 Å². The Morgan fingerprint density at radius 3 is 2.79 bits per heavy atom. The average molecular weight is 215 g/mol. The summed E-state index contributed by atoms with van der Waals surface area (Å²) in [5.41, 5.74) is 0. The molecule has 0 heterocycles. The van der Waals surface area contributed by atoms with Crippen LogP contribution < -0.4 is 5.32 Å². The number of amides is 1. The van der Waals surface area contributed by atoms with Gasteiger partial charge in [-0.1, -0.05) is 12.8 Å². The van der Waals surface area contributed by atoms with Crippen LogP contribution >= 0.6 is 11.8 Å². The zero-order chi connectivity index (χ0) is 10.2. The molecule has 0 unspecified atom stereocenters. The summed E-state index contributed by atoms with van der Waals surface area (Å²) in [6, 6.07) is 0. The summed E-state index contributed by atoms with van der Waals surface area (Å²) >= 11 is 2.05. The molecule has 14 heavy (non-hydrogen) atoms. The Labute approximate surface area is 91.2 Å². The molecule has 1 rings (SSSR count). The van der Waals surface area contributed by atoms with E-state index < -0.39 is 0 Å². The molecule has 1 aliphatic carbocycles. The van der Waals surface area contributed by atoms with E-state index in [1.807, 2.05) is 0 Å². The van der Waals surface area contributed by atoms with E-state index in [1.165, 1.54) is 37.2 Å². The molecule has 0 aromatic carbocycles. The van der Waals surface area contributed by atoms with Gasteiger partial charge in [0, 0.05) is 13.5 Å². The first-order valence-corrected chi connectivity index (χ1v) is 6.76. The molecule has 3 heteroatoms. The lowest BCUT2D eigenvalue weighted by Gasteiger charge is -2.07. The van der Waals surface area contributed by atoms with Gasteiger partial charge in [0.05, 0.1) is 0 Å². The van der Waals surface area contributed by atoms with Crippen LogP contribution in [-0.4, -0.2) is 24.0 Å². The van der Waals surface area contributed by atoms with Crippen molar-refractivity contribution < 1.29 is 4.79 Å². The molecular weight excluding hydrogens is 194 g/mol. The van der Waals surface area contributed by atoms with Crippen molar-refractivity contribution in [3.63, 3.8) is 0 Å². The van der Waals surface area contributed by atoms with Gasteiger partial charge < -0.3 is 5.32 Å². The summed E-state index contributed by atoms with van der Waals surface area (Å²) < 4.78 is 0. The Balaban J connectivity index is 1.82. The molecule has 1 saturated carbocycles. The molecule has 0 spiro atoms. The summed E-state index contributed by atoms with van der Waals surface area (Å²) in [5, 5.41) is 2.82. The summed E-state index contributed by atoms with van der Waals surface area (Å²) in [6.07, 6.45) is 6.88. The smallest absolute Gasteiger partial charge is 0.216 e. The third-order valence-corrected chi connectivity index (χ3v) is 3.95. The highest BCUT2D eigenvalue weighted by molar-refractivity contribution is 7.99. The van der Waals surface area contributed by atoms with Crippen LogP contribution in [0.1, 0.15) is 39.0 Å². The molecule has 2 nitrogen and oxygen atoms in total. The second kappa shape index (κ2) is 7.16. The minimum Gasteiger partial charge on any atom is -0.356 e. The fourth-order valence-corrected chi connectivity index (χ4v) is 3.05. The van der Waals surface area contributed by atoms with Gasteiger partial charge in [0.1, 0.15) is 0 Å². The molecular formula is C11H21NOS. The van der Waals surface area contributed by atoms with Crippen molar-refractivity contribution in [2.24, 2.45) is 5.92 Å². The molecule has 1 aliphatic rings. The Morgan fingerprint density at radius 2 is 2.14 bits per heavy atom. The molecule has 0 aromatic heterocycles. The lowest BCUT2D eigenvalue weighted by Crippen LogP contribution is -2.21. The quantitative estimate of drug-likeness (QED) is 0.690. The predicted octanol–water partition coefficient (Wildman–Crippen LogP) is 2.44. The van der Waals surface area contributed by atoms with Crippen molar-refractivity contribution in [2.75, 3.05) is 18.1 Å². The maximum atomic E-state index is 10.6. The molecule has 0 aromatic rings. The molecule has 0 aliphatic heterocycles. The molecule has 1 N–H and O–H groups in total. The van der Waals surface area contributed by atoms with E-state index in [4.69, 9.17) is 0 Å². The zero-order valence-corrected chi connectivity index (χ0v) is 9.87. The van der Waals surface area contributed by atoms with Gasteiger partial charge in [0.2, 0.25) is 5.91 Å². The number of hydrogen-bond donors (Lipinski definition) is 1. The SMILES string of the molecule is CC(=O)NCCCSCC1CCCC1. The predicted molar refractivity (Wildman–Crippen MR) is 62.6 cm³/mol. The summed E-state index contributed by atoms with van der Waals surface area (Å²) in [5.74, 6) is 3.60. The largest absolute Gasteiger partial charge is 0.356 e. The van der Waals surface area contributed by atoms with Crippen molar-refractivity contribution in [3.8, 4) is 0 Å². The van der Waals surface area contributed by atoms with Gasteiger partial charge in [0.15, 0.2) is 0 Å². The second-order valence-corrected chi connectivity index (χ2v) is 5.21. The second-order valence-electron chi connectivity index (χ2n) is 4.06. The van der Waals surface area contributed by atoms with Crippen LogP contribution in [0.5, 0.6) is 0 Å². The normalized spacial score (nSPS) is 17.2. The first-order valence-electron chi connectivity index (χ1n) is 5.61. The molecule has 1 fully saturated rings. The van der Waals surface area contributed by atoms with Crippen molar-refractivity contribution in [2.45, 2.75) is 39.0 Å². The van der Waals surface area contributed by atoms with E-state index in [-0.39, 0.29) is 5.91 Å². The van der Waals surface area contributed by atoms with E-state index in [0.29, 0.717) is 0 Å². The standard InChI is InChI=1S/C11H21NOS/c1-10(13)12-7-4-8-14-9-11-5-2-3-6-11/h11H,2-9H2,1H3,(H,12,13). The van der Waals surface area contributed by atoms with Gasteiger partial charge in [-0.3, -0.25) is 4.79 Å². The lowest BCUT2D eigenvalue weighted by molar-refractivity contribution is -0.118. The van der Waals surface area contributed by atoms with Crippen molar-refractivity contribution in [1.29, 1.82) is 0 Å². The molecule has 0 saturated heterocycles. The first kappa shape index (κ1) is 11.9. The van der Waals surface area contributed by atoms with Gasteiger partial charge in [-0.2, -0.15) is 11.8 Å². The highest BCUT2D eigenvalue weighted by Crippen LogP contribution is 2.27. The van der Waals surface area contributed by atoms with Gasteiger partial charge >= 0.3 is 0 Å². The van der Waals surface area contributed by atoms with Gasteiger partial charge in [-0.25, -0.2) is 0 Å². The highest BCUT2D eigenvalue weighted by Gasteiger charge is 2.13. The number of carbonyl (C=O) groups is 1. The van der Waals surface area contributed by atoms with Gasteiger partial charge in [-0.05, 0) is 36.7 Å². The molecule has 1 amide bonds. The van der Waals surface area contributed by atoms with Gasteiger partial charge in [0.25, 0.3) is 0 Å². The van der Waals surface area contributed by atoms with E-state index in [1.54, 1.807) is 6.92 Å². The van der Waals surface area contributed by atoms with E-state index in [0.717, 1.165) is 18.9 Å². The van der Waals surface area contributed by atoms with Crippen molar-refractivity contribution in [3.05, 3.63) is 0 Å². The third kappa shape index (κ3) is 5.53. The fraction of sp³-hybridized carbons (Fsp3) is 0.909. The van der Waals surface area contributed by atoms with Crippen LogP contribution in [-0.2, 0) is 4.79 Å². The number of rotatable bonds is 6. The molecule has 0 radical (unpaired) electrons. The zero-order valence-electron chi connectivity index (χ0n) is 9.05. The van der Waals surface area contributed by atoms with Gasteiger partial charge in [-0.15, -0.1) is 0 Å². The van der Waals surface area contributed by atoms with Crippen LogP contribution in [0.2, 0.25) is 0 Å². The maximum absolute atomic E-state index is 10.6. The topological polar surface area (TPSA) is 29.1 Å². The Morgan fingerprint density at radius 1 is 1.43 bits per heavy atom. The average Bonchev–Trinajstić information content (AvgIpc) is 2.63. The van der Waals surface area contributed by atoms with Crippen LogP contribution in [0, 0.1) is 5.92 Å². The number of carbonyl (C=O) groups excluding carboxylic acids is 1.